The highest BCUT2D eigenvalue weighted by Crippen LogP contribution is 2.41. The number of carbonyl (C=O) groups is 1. The summed E-state index contributed by atoms with van der Waals surface area (Å²) in [6.45, 7) is 2.12. The Bertz CT molecular complexity index is 746. The van der Waals surface area contributed by atoms with Crippen molar-refractivity contribution >= 4 is 17.2 Å². The van der Waals surface area contributed by atoms with Crippen LogP contribution in [0.4, 0.5) is 11.4 Å². The van der Waals surface area contributed by atoms with Crippen LogP contribution in [-0.2, 0) is 4.79 Å². The van der Waals surface area contributed by atoms with Crippen LogP contribution in [0.2, 0.25) is 0 Å². The molecule has 1 aliphatic heterocycles. The number of fused-ring (bicyclic) bond motifs is 1. The van der Waals surface area contributed by atoms with Crippen molar-refractivity contribution in [3.63, 3.8) is 0 Å². The molecule has 0 radical (unpaired) electrons. The van der Waals surface area contributed by atoms with E-state index in [2.05, 4.69) is 17.6 Å². The minimum atomic E-state index is -0.235. The average Bonchev–Trinajstić information content (AvgIpc) is 2.95. The van der Waals surface area contributed by atoms with Gasteiger partial charge in [0.2, 0.25) is 0 Å². The number of carbonyl (C=O) groups excluding carboxylic acids is 1. The molecule has 0 spiro atoms. The van der Waals surface area contributed by atoms with E-state index in [0.29, 0.717) is 12.3 Å². The molecular formula is C18H18N2O2. The van der Waals surface area contributed by atoms with Crippen LogP contribution in [0, 0.1) is 5.92 Å². The molecule has 0 amide bonds. The van der Waals surface area contributed by atoms with Gasteiger partial charge in [-0.05, 0) is 36.6 Å². The van der Waals surface area contributed by atoms with Crippen LogP contribution in [0.3, 0.4) is 0 Å². The third-order valence-corrected chi connectivity index (χ3v) is 4.34. The molecule has 0 saturated heterocycles. The van der Waals surface area contributed by atoms with Gasteiger partial charge in [0.05, 0.1) is 17.6 Å². The molecule has 4 heteroatoms. The highest BCUT2D eigenvalue weighted by atomic mass is 16.3. The molecule has 1 aromatic heterocycles. The second-order valence-corrected chi connectivity index (χ2v) is 6.09. The topological polar surface area (TPSA) is 54.3 Å². The van der Waals surface area contributed by atoms with Crippen molar-refractivity contribution in [3.8, 4) is 0 Å². The SMILES string of the molecule is C[C@H]1CC(=O)C2=C(C1)Nc1ccccc1N[C@@H]2c1ccco1. The van der Waals surface area contributed by atoms with Gasteiger partial charge in [-0.1, -0.05) is 19.1 Å². The maximum atomic E-state index is 12.7. The number of anilines is 2. The highest BCUT2D eigenvalue weighted by molar-refractivity contribution is 6.00. The standard InChI is InChI=1S/C18H18N2O2/c1-11-9-14-17(15(21)10-11)18(16-7-4-8-22-16)20-13-6-3-2-5-12(13)19-14/h2-8,11,18-20H,9-10H2,1H3/t11-,18-/m1/s1. The predicted octanol–water partition coefficient (Wildman–Crippen LogP) is 4.11. The first-order valence-electron chi connectivity index (χ1n) is 7.64. The van der Waals surface area contributed by atoms with Gasteiger partial charge >= 0.3 is 0 Å². The van der Waals surface area contributed by atoms with Crippen molar-refractivity contribution in [3.05, 3.63) is 59.7 Å². The smallest absolute Gasteiger partial charge is 0.163 e. The Morgan fingerprint density at radius 2 is 1.91 bits per heavy atom. The lowest BCUT2D eigenvalue weighted by Crippen LogP contribution is -2.26. The van der Waals surface area contributed by atoms with E-state index in [1.54, 1.807) is 6.26 Å². The van der Waals surface area contributed by atoms with Crippen molar-refractivity contribution in [2.24, 2.45) is 5.92 Å². The van der Waals surface area contributed by atoms with Crippen LogP contribution in [0.1, 0.15) is 31.6 Å². The Hall–Kier alpha value is -2.49. The summed E-state index contributed by atoms with van der Waals surface area (Å²) in [6.07, 6.45) is 3.13. The van der Waals surface area contributed by atoms with Gasteiger partial charge < -0.3 is 15.1 Å². The lowest BCUT2D eigenvalue weighted by Gasteiger charge is -2.26. The summed E-state index contributed by atoms with van der Waals surface area (Å²) in [5.74, 6) is 1.33. The van der Waals surface area contributed by atoms with Gasteiger partial charge in [0, 0.05) is 17.7 Å². The van der Waals surface area contributed by atoms with Gasteiger partial charge in [-0.3, -0.25) is 4.79 Å². The largest absolute Gasteiger partial charge is 0.467 e. The number of allylic oxidation sites excluding steroid dienone is 1. The van der Waals surface area contributed by atoms with Crippen molar-refractivity contribution in [1.29, 1.82) is 0 Å². The summed E-state index contributed by atoms with van der Waals surface area (Å²) in [6, 6.07) is 11.6. The summed E-state index contributed by atoms with van der Waals surface area (Å²) in [5.41, 5.74) is 3.82. The van der Waals surface area contributed by atoms with Gasteiger partial charge in [0.15, 0.2) is 5.78 Å². The first-order valence-corrected chi connectivity index (χ1v) is 7.64. The molecule has 0 fully saturated rings. The fourth-order valence-corrected chi connectivity index (χ4v) is 3.36. The van der Waals surface area contributed by atoms with E-state index in [1.165, 1.54) is 0 Å². The quantitative estimate of drug-likeness (QED) is 0.831. The van der Waals surface area contributed by atoms with Crippen LogP contribution in [-0.4, -0.2) is 5.78 Å². The molecule has 4 rings (SSSR count). The normalized spacial score (nSPS) is 24.0. The van der Waals surface area contributed by atoms with Gasteiger partial charge in [-0.2, -0.15) is 0 Å². The molecule has 0 bridgehead atoms. The molecule has 2 atom stereocenters. The van der Waals surface area contributed by atoms with E-state index in [9.17, 15) is 4.79 Å². The first kappa shape index (κ1) is 13.2. The zero-order valence-corrected chi connectivity index (χ0v) is 12.4. The molecule has 2 aromatic rings. The van der Waals surface area contributed by atoms with E-state index in [4.69, 9.17) is 4.42 Å². The zero-order chi connectivity index (χ0) is 15.1. The Morgan fingerprint density at radius 1 is 1.09 bits per heavy atom. The Labute approximate surface area is 129 Å². The fraction of sp³-hybridized carbons (Fsp3) is 0.278. The molecule has 112 valence electrons. The molecule has 22 heavy (non-hydrogen) atoms. The number of nitrogens with one attached hydrogen (secondary N) is 2. The van der Waals surface area contributed by atoms with E-state index in [-0.39, 0.29) is 11.8 Å². The number of Topliss-reactive ketones (excluding diaryl/α,β-unsaturated/α-hetero) is 1. The Morgan fingerprint density at radius 3 is 2.68 bits per heavy atom. The van der Waals surface area contributed by atoms with E-state index in [0.717, 1.165) is 34.8 Å². The van der Waals surface area contributed by atoms with Gasteiger partial charge in [-0.15, -0.1) is 0 Å². The van der Waals surface area contributed by atoms with E-state index in [1.807, 2.05) is 36.4 Å². The average molecular weight is 294 g/mol. The maximum Gasteiger partial charge on any atom is 0.163 e. The van der Waals surface area contributed by atoms with Gasteiger partial charge in [0.1, 0.15) is 11.8 Å². The molecule has 0 saturated carbocycles. The minimum absolute atomic E-state index is 0.197. The second-order valence-electron chi connectivity index (χ2n) is 6.09. The van der Waals surface area contributed by atoms with Gasteiger partial charge in [-0.25, -0.2) is 0 Å². The monoisotopic (exact) mass is 294 g/mol. The lowest BCUT2D eigenvalue weighted by atomic mass is 9.83. The molecule has 2 heterocycles. The number of hydrogen-bond acceptors (Lipinski definition) is 4. The number of benzene rings is 1. The Balaban J connectivity index is 1.88. The number of rotatable bonds is 1. The van der Waals surface area contributed by atoms with E-state index >= 15 is 0 Å². The van der Waals surface area contributed by atoms with Crippen LogP contribution in [0.15, 0.2) is 58.3 Å². The van der Waals surface area contributed by atoms with Crippen molar-refractivity contribution in [1.82, 2.24) is 0 Å². The maximum absolute atomic E-state index is 12.7. The van der Waals surface area contributed by atoms with Crippen molar-refractivity contribution < 1.29 is 9.21 Å². The fourth-order valence-electron chi connectivity index (χ4n) is 3.36. The summed E-state index contributed by atoms with van der Waals surface area (Å²) >= 11 is 0. The molecule has 4 nitrogen and oxygen atoms in total. The first-order chi connectivity index (χ1) is 10.7. The molecule has 2 aliphatic rings. The number of para-hydroxylation sites is 2. The van der Waals surface area contributed by atoms with Crippen molar-refractivity contribution in [2.45, 2.75) is 25.8 Å². The minimum Gasteiger partial charge on any atom is -0.467 e. The van der Waals surface area contributed by atoms with Crippen molar-refractivity contribution in [2.75, 3.05) is 10.6 Å². The zero-order valence-electron chi connectivity index (χ0n) is 12.4. The van der Waals surface area contributed by atoms with Gasteiger partial charge in [0.25, 0.3) is 0 Å². The number of ketones is 1. The predicted molar refractivity (Wildman–Crippen MR) is 85.6 cm³/mol. The molecular weight excluding hydrogens is 276 g/mol. The highest BCUT2D eigenvalue weighted by Gasteiger charge is 2.35. The molecule has 1 aromatic carbocycles. The molecule has 1 aliphatic carbocycles. The number of hydrogen-bond donors (Lipinski definition) is 2. The summed E-state index contributed by atoms with van der Waals surface area (Å²) in [5, 5.41) is 6.94. The third kappa shape index (κ3) is 2.11. The second kappa shape index (κ2) is 5.05. The van der Waals surface area contributed by atoms with Crippen LogP contribution >= 0.6 is 0 Å². The summed E-state index contributed by atoms with van der Waals surface area (Å²) in [7, 11) is 0. The van der Waals surface area contributed by atoms with Crippen LogP contribution in [0.25, 0.3) is 0 Å². The molecule has 0 unspecified atom stereocenters. The third-order valence-electron chi connectivity index (χ3n) is 4.34. The van der Waals surface area contributed by atoms with Crippen LogP contribution in [0.5, 0.6) is 0 Å². The summed E-state index contributed by atoms with van der Waals surface area (Å²) < 4.78 is 5.59. The summed E-state index contributed by atoms with van der Waals surface area (Å²) in [4.78, 5) is 12.7. The van der Waals surface area contributed by atoms with Crippen LogP contribution < -0.4 is 10.6 Å². The van der Waals surface area contributed by atoms with E-state index < -0.39 is 0 Å². The molecule has 2 N–H and O–H groups in total. The lowest BCUT2D eigenvalue weighted by molar-refractivity contribution is -0.117. The Kier molecular flexibility index (Phi) is 3.03. The number of furan rings is 1.